The second-order valence-electron chi connectivity index (χ2n) is 3.66. The highest BCUT2D eigenvalue weighted by atomic mass is 16.5. The first-order valence-electron chi connectivity index (χ1n) is 5.51. The Kier molecular flexibility index (Phi) is 3.55. The molecule has 1 aromatic heterocycles. The van der Waals surface area contributed by atoms with E-state index in [9.17, 15) is 4.79 Å². The second kappa shape index (κ2) is 5.30. The van der Waals surface area contributed by atoms with Gasteiger partial charge in [-0.05, 0) is 24.6 Å². The van der Waals surface area contributed by atoms with Crippen LogP contribution in [0.4, 0.5) is 0 Å². The fourth-order valence-electron chi connectivity index (χ4n) is 1.60. The number of nitrogens with zero attached hydrogens (tertiary/aromatic N) is 2. The van der Waals surface area contributed by atoms with Gasteiger partial charge in [0.2, 0.25) is 0 Å². The average molecular weight is 230 g/mol. The molecule has 4 heteroatoms. The number of aromatic nitrogens is 2. The van der Waals surface area contributed by atoms with Crippen LogP contribution in [0.5, 0.6) is 0 Å². The van der Waals surface area contributed by atoms with E-state index in [0.29, 0.717) is 18.7 Å². The van der Waals surface area contributed by atoms with E-state index in [2.05, 4.69) is 4.98 Å². The molecule has 0 spiro atoms. The van der Waals surface area contributed by atoms with Gasteiger partial charge in [-0.3, -0.25) is 0 Å². The zero-order valence-corrected chi connectivity index (χ0v) is 9.67. The molecule has 1 aromatic carbocycles. The van der Waals surface area contributed by atoms with Gasteiger partial charge >= 0.3 is 5.97 Å². The maximum absolute atomic E-state index is 11.6. The van der Waals surface area contributed by atoms with Gasteiger partial charge in [0.15, 0.2) is 0 Å². The van der Waals surface area contributed by atoms with Crippen LogP contribution < -0.4 is 0 Å². The Balaban J connectivity index is 2.14. The van der Waals surface area contributed by atoms with E-state index in [1.54, 1.807) is 25.5 Å². The molecule has 17 heavy (non-hydrogen) atoms. The Labute approximate surface area is 99.9 Å². The molecule has 1 heterocycles. The molecule has 0 atom stereocenters. The van der Waals surface area contributed by atoms with Gasteiger partial charge in [0.25, 0.3) is 0 Å². The Hall–Kier alpha value is -2.10. The summed E-state index contributed by atoms with van der Waals surface area (Å²) in [7, 11) is 0. The summed E-state index contributed by atoms with van der Waals surface area (Å²) in [5, 5.41) is 0. The summed E-state index contributed by atoms with van der Waals surface area (Å²) in [5.74, 6) is -0.278. The fraction of sp³-hybridized carbons (Fsp3) is 0.231. The summed E-state index contributed by atoms with van der Waals surface area (Å²) in [6.45, 7) is 2.89. The molecule has 2 rings (SSSR count). The van der Waals surface area contributed by atoms with E-state index < -0.39 is 0 Å². The monoisotopic (exact) mass is 230 g/mol. The first kappa shape index (κ1) is 11.4. The van der Waals surface area contributed by atoms with Crippen LogP contribution in [0.3, 0.4) is 0 Å². The zero-order valence-electron chi connectivity index (χ0n) is 9.67. The van der Waals surface area contributed by atoms with Gasteiger partial charge in [-0.1, -0.05) is 12.1 Å². The van der Waals surface area contributed by atoms with Crippen LogP contribution in [-0.2, 0) is 11.3 Å². The largest absolute Gasteiger partial charge is 0.462 e. The van der Waals surface area contributed by atoms with Crippen LogP contribution in [0.25, 0.3) is 0 Å². The van der Waals surface area contributed by atoms with E-state index in [1.807, 2.05) is 29.0 Å². The predicted molar refractivity (Wildman–Crippen MR) is 63.7 cm³/mol. The lowest BCUT2D eigenvalue weighted by molar-refractivity contribution is 0.0526. The van der Waals surface area contributed by atoms with Crippen molar-refractivity contribution in [2.45, 2.75) is 13.5 Å². The third-order valence-corrected chi connectivity index (χ3v) is 2.36. The molecule has 2 aromatic rings. The molecule has 0 radical (unpaired) electrons. The molecule has 0 aliphatic carbocycles. The molecule has 0 amide bonds. The number of ether oxygens (including phenoxy) is 1. The normalized spacial score (nSPS) is 10.2. The van der Waals surface area contributed by atoms with Crippen molar-refractivity contribution < 1.29 is 9.53 Å². The lowest BCUT2D eigenvalue weighted by Gasteiger charge is -2.05. The van der Waals surface area contributed by atoms with Gasteiger partial charge in [-0.2, -0.15) is 0 Å². The highest BCUT2D eigenvalue weighted by molar-refractivity contribution is 5.89. The number of esters is 1. The van der Waals surface area contributed by atoms with Crippen molar-refractivity contribution in [2.24, 2.45) is 0 Å². The summed E-state index contributed by atoms with van der Waals surface area (Å²) in [4.78, 5) is 15.5. The number of hydrogen-bond acceptors (Lipinski definition) is 3. The van der Waals surface area contributed by atoms with Crippen molar-refractivity contribution in [2.75, 3.05) is 6.61 Å². The third kappa shape index (κ3) is 2.93. The van der Waals surface area contributed by atoms with E-state index in [4.69, 9.17) is 4.74 Å². The Morgan fingerprint density at radius 3 is 3.06 bits per heavy atom. The van der Waals surface area contributed by atoms with Gasteiger partial charge in [0.1, 0.15) is 0 Å². The molecular weight excluding hydrogens is 216 g/mol. The van der Waals surface area contributed by atoms with Crippen molar-refractivity contribution in [3.63, 3.8) is 0 Å². The van der Waals surface area contributed by atoms with Crippen LogP contribution in [0.15, 0.2) is 43.0 Å². The highest BCUT2D eigenvalue weighted by Crippen LogP contribution is 2.08. The van der Waals surface area contributed by atoms with Crippen molar-refractivity contribution >= 4 is 5.97 Å². The Bertz CT molecular complexity index is 492. The average Bonchev–Trinajstić information content (AvgIpc) is 2.82. The summed E-state index contributed by atoms with van der Waals surface area (Å²) >= 11 is 0. The number of carbonyl (C=O) groups excluding carboxylic acids is 1. The molecule has 0 bridgehead atoms. The smallest absolute Gasteiger partial charge is 0.338 e. The predicted octanol–water partition coefficient (Wildman–Crippen LogP) is 2.11. The maximum Gasteiger partial charge on any atom is 0.338 e. The molecule has 0 N–H and O–H groups in total. The number of benzene rings is 1. The van der Waals surface area contributed by atoms with Crippen LogP contribution in [0, 0.1) is 0 Å². The van der Waals surface area contributed by atoms with Gasteiger partial charge < -0.3 is 9.30 Å². The first-order chi connectivity index (χ1) is 8.29. The van der Waals surface area contributed by atoms with Crippen molar-refractivity contribution in [1.29, 1.82) is 0 Å². The summed E-state index contributed by atoms with van der Waals surface area (Å²) < 4.78 is 6.91. The van der Waals surface area contributed by atoms with E-state index >= 15 is 0 Å². The van der Waals surface area contributed by atoms with Crippen molar-refractivity contribution in [3.8, 4) is 0 Å². The number of rotatable bonds is 4. The lowest BCUT2D eigenvalue weighted by Crippen LogP contribution is -2.05. The summed E-state index contributed by atoms with van der Waals surface area (Å²) in [5.41, 5.74) is 1.64. The molecule has 0 unspecified atom stereocenters. The van der Waals surface area contributed by atoms with Gasteiger partial charge in [-0.15, -0.1) is 0 Å². The standard InChI is InChI=1S/C13H14N2O2/c1-2-17-13(16)12-5-3-4-11(8-12)9-15-7-6-14-10-15/h3-8,10H,2,9H2,1H3. The fourth-order valence-corrected chi connectivity index (χ4v) is 1.60. The molecule has 0 fully saturated rings. The maximum atomic E-state index is 11.6. The Morgan fingerprint density at radius 2 is 2.35 bits per heavy atom. The van der Waals surface area contributed by atoms with Crippen LogP contribution >= 0.6 is 0 Å². The third-order valence-electron chi connectivity index (χ3n) is 2.36. The molecule has 4 nitrogen and oxygen atoms in total. The summed E-state index contributed by atoms with van der Waals surface area (Å²) in [6, 6.07) is 7.44. The minimum Gasteiger partial charge on any atom is -0.462 e. The zero-order chi connectivity index (χ0) is 12.1. The SMILES string of the molecule is CCOC(=O)c1cccc(Cn2ccnc2)c1. The van der Waals surface area contributed by atoms with Crippen molar-refractivity contribution in [1.82, 2.24) is 9.55 Å². The van der Waals surface area contributed by atoms with E-state index in [0.717, 1.165) is 5.56 Å². The molecular formula is C13H14N2O2. The second-order valence-corrected chi connectivity index (χ2v) is 3.66. The molecule has 0 aliphatic rings. The van der Waals surface area contributed by atoms with Crippen molar-refractivity contribution in [3.05, 3.63) is 54.1 Å². The van der Waals surface area contributed by atoms with E-state index in [1.165, 1.54) is 0 Å². The van der Waals surface area contributed by atoms with Crippen LogP contribution in [0.1, 0.15) is 22.8 Å². The quantitative estimate of drug-likeness (QED) is 0.755. The molecule has 0 saturated heterocycles. The van der Waals surface area contributed by atoms with Gasteiger partial charge in [0.05, 0.1) is 18.5 Å². The Morgan fingerprint density at radius 1 is 1.47 bits per heavy atom. The number of imidazole rings is 1. The summed E-state index contributed by atoms with van der Waals surface area (Å²) in [6.07, 6.45) is 5.36. The van der Waals surface area contributed by atoms with Crippen LogP contribution in [0.2, 0.25) is 0 Å². The van der Waals surface area contributed by atoms with E-state index in [-0.39, 0.29) is 5.97 Å². The van der Waals surface area contributed by atoms with Gasteiger partial charge in [-0.25, -0.2) is 9.78 Å². The molecule has 88 valence electrons. The number of carbonyl (C=O) groups is 1. The minimum atomic E-state index is -0.278. The molecule has 0 saturated carbocycles. The molecule has 0 aliphatic heterocycles. The topological polar surface area (TPSA) is 44.1 Å². The first-order valence-corrected chi connectivity index (χ1v) is 5.51. The lowest BCUT2D eigenvalue weighted by atomic mass is 10.1. The van der Waals surface area contributed by atoms with Gasteiger partial charge in [0, 0.05) is 18.9 Å². The highest BCUT2D eigenvalue weighted by Gasteiger charge is 2.06. The number of hydrogen-bond donors (Lipinski definition) is 0. The minimum absolute atomic E-state index is 0.278. The van der Waals surface area contributed by atoms with Crippen LogP contribution in [-0.4, -0.2) is 22.1 Å².